The molecule has 0 spiro atoms. The smallest absolute Gasteiger partial charge is 0.307 e. The molecule has 0 saturated carbocycles. The quantitative estimate of drug-likeness (QED) is 0.385. The minimum Gasteiger partial charge on any atom is -0.307 e. The number of aromatic nitrogens is 2. The number of imide groups is 1. The average molecular weight is 461 g/mol. The average Bonchev–Trinajstić information content (AvgIpc) is 2.81. The number of anilines is 1. The highest BCUT2D eigenvalue weighted by molar-refractivity contribution is 8.00. The van der Waals surface area contributed by atoms with Crippen molar-refractivity contribution in [2.24, 2.45) is 0 Å². The van der Waals surface area contributed by atoms with Crippen molar-refractivity contribution in [3.8, 4) is 11.3 Å². The number of carbonyl (C=O) groups excluding carboxylic acids is 2. The number of thioether (sulfide) groups is 1. The van der Waals surface area contributed by atoms with Crippen LogP contribution in [0.4, 0.5) is 14.9 Å². The van der Waals surface area contributed by atoms with E-state index in [9.17, 15) is 14.0 Å². The van der Waals surface area contributed by atoms with Crippen LogP contribution >= 0.6 is 11.8 Å². The number of carbonyl (C=O) groups is 2. The highest BCUT2D eigenvalue weighted by atomic mass is 32.2. The number of aryl methyl sites for hydroxylation is 1. The molecule has 4 rings (SSSR count). The summed E-state index contributed by atoms with van der Waals surface area (Å²) in [5.74, 6) is -0.776. The van der Waals surface area contributed by atoms with Crippen molar-refractivity contribution in [1.82, 2.24) is 15.5 Å². The van der Waals surface area contributed by atoms with Crippen LogP contribution in [-0.2, 0) is 4.79 Å². The normalized spacial score (nSPS) is 10.8. The van der Waals surface area contributed by atoms with Gasteiger partial charge in [-0.05, 0) is 55.3 Å². The van der Waals surface area contributed by atoms with Gasteiger partial charge in [-0.25, -0.2) is 9.18 Å². The van der Waals surface area contributed by atoms with Gasteiger partial charge in [0.25, 0.3) is 0 Å². The van der Waals surface area contributed by atoms with Crippen LogP contribution in [0.1, 0.15) is 11.1 Å². The zero-order valence-electron chi connectivity index (χ0n) is 18.1. The molecular formula is C25H21FN4O2S. The van der Waals surface area contributed by atoms with Gasteiger partial charge in [0, 0.05) is 22.0 Å². The van der Waals surface area contributed by atoms with Crippen LogP contribution in [0.5, 0.6) is 0 Å². The third kappa shape index (κ3) is 5.18. The second kappa shape index (κ2) is 9.79. The van der Waals surface area contributed by atoms with Gasteiger partial charge >= 0.3 is 6.03 Å². The molecule has 8 heteroatoms. The zero-order chi connectivity index (χ0) is 23.4. The van der Waals surface area contributed by atoms with E-state index in [-0.39, 0.29) is 11.6 Å². The molecule has 0 fully saturated rings. The topological polar surface area (TPSA) is 84.0 Å². The fourth-order valence-electron chi connectivity index (χ4n) is 3.34. The summed E-state index contributed by atoms with van der Waals surface area (Å²) in [5.41, 5.74) is 4.02. The van der Waals surface area contributed by atoms with E-state index in [1.165, 1.54) is 23.9 Å². The Morgan fingerprint density at radius 1 is 0.909 bits per heavy atom. The lowest BCUT2D eigenvalue weighted by atomic mass is 10.1. The molecule has 0 atom stereocenters. The van der Waals surface area contributed by atoms with E-state index >= 15 is 0 Å². The number of halogens is 1. The minimum absolute atomic E-state index is 0.00517. The van der Waals surface area contributed by atoms with Gasteiger partial charge in [0.05, 0.1) is 5.75 Å². The minimum atomic E-state index is -0.586. The van der Waals surface area contributed by atoms with Crippen molar-refractivity contribution in [2.45, 2.75) is 18.9 Å². The number of rotatable bonds is 5. The fraction of sp³-hybridized carbons (Fsp3) is 0.120. The van der Waals surface area contributed by atoms with E-state index in [1.807, 2.05) is 50.2 Å². The molecule has 166 valence electrons. The lowest BCUT2D eigenvalue weighted by Gasteiger charge is -2.11. The van der Waals surface area contributed by atoms with E-state index in [0.29, 0.717) is 16.4 Å². The number of benzene rings is 3. The lowest BCUT2D eigenvalue weighted by molar-refractivity contribution is -0.117. The van der Waals surface area contributed by atoms with Gasteiger partial charge in [-0.1, -0.05) is 48.2 Å². The van der Waals surface area contributed by atoms with Gasteiger partial charge < -0.3 is 5.32 Å². The van der Waals surface area contributed by atoms with Crippen LogP contribution in [0.3, 0.4) is 0 Å². The summed E-state index contributed by atoms with van der Waals surface area (Å²) in [6.07, 6.45) is 0. The van der Waals surface area contributed by atoms with Crippen LogP contribution in [0, 0.1) is 19.7 Å². The summed E-state index contributed by atoms with van der Waals surface area (Å²) < 4.78 is 13.3. The molecule has 0 aliphatic rings. The molecular weight excluding hydrogens is 439 g/mol. The first kappa shape index (κ1) is 22.4. The SMILES string of the molecule is Cc1cccc(NC(=O)NC(=O)CSc2nnc(-c3ccc(F)cc3)c3ccccc23)c1C. The van der Waals surface area contributed by atoms with E-state index < -0.39 is 11.9 Å². The number of hydrogen-bond acceptors (Lipinski definition) is 5. The van der Waals surface area contributed by atoms with Crippen molar-refractivity contribution in [2.75, 3.05) is 11.1 Å². The molecule has 6 nitrogen and oxygen atoms in total. The molecule has 0 radical (unpaired) electrons. The molecule has 3 amide bonds. The van der Waals surface area contributed by atoms with Crippen LogP contribution in [0.2, 0.25) is 0 Å². The van der Waals surface area contributed by atoms with Gasteiger partial charge in [0.1, 0.15) is 16.5 Å². The van der Waals surface area contributed by atoms with Crippen molar-refractivity contribution < 1.29 is 14.0 Å². The maximum atomic E-state index is 13.3. The molecule has 33 heavy (non-hydrogen) atoms. The Labute approximate surface area is 194 Å². The second-order valence-electron chi connectivity index (χ2n) is 7.44. The summed E-state index contributed by atoms with van der Waals surface area (Å²) in [4.78, 5) is 24.6. The number of urea groups is 1. The molecule has 3 aromatic carbocycles. The van der Waals surface area contributed by atoms with Gasteiger partial charge in [-0.3, -0.25) is 10.1 Å². The first-order valence-electron chi connectivity index (χ1n) is 10.2. The lowest BCUT2D eigenvalue weighted by Crippen LogP contribution is -2.35. The molecule has 1 heterocycles. The number of fused-ring (bicyclic) bond motifs is 1. The highest BCUT2D eigenvalue weighted by Crippen LogP contribution is 2.31. The van der Waals surface area contributed by atoms with Crippen molar-refractivity contribution in [3.63, 3.8) is 0 Å². The van der Waals surface area contributed by atoms with Gasteiger partial charge in [0.2, 0.25) is 5.91 Å². The van der Waals surface area contributed by atoms with E-state index in [1.54, 1.807) is 18.2 Å². The third-order valence-corrected chi connectivity index (χ3v) is 6.20. The maximum absolute atomic E-state index is 13.3. The first-order valence-corrected chi connectivity index (χ1v) is 11.2. The van der Waals surface area contributed by atoms with E-state index in [2.05, 4.69) is 20.8 Å². The number of amides is 3. The Morgan fingerprint density at radius 2 is 1.64 bits per heavy atom. The summed E-state index contributed by atoms with van der Waals surface area (Å²) in [6.45, 7) is 3.86. The van der Waals surface area contributed by atoms with Gasteiger partial charge in [0.15, 0.2) is 0 Å². The summed E-state index contributed by atoms with van der Waals surface area (Å²) in [6, 6.07) is 18.6. The molecule has 4 aromatic rings. The summed E-state index contributed by atoms with van der Waals surface area (Å²) in [7, 11) is 0. The first-order chi connectivity index (χ1) is 15.9. The predicted octanol–water partition coefficient (Wildman–Crippen LogP) is 5.49. The van der Waals surface area contributed by atoms with Crippen LogP contribution < -0.4 is 10.6 Å². The van der Waals surface area contributed by atoms with Crippen molar-refractivity contribution in [1.29, 1.82) is 0 Å². The molecule has 2 N–H and O–H groups in total. The second-order valence-corrected chi connectivity index (χ2v) is 8.41. The maximum Gasteiger partial charge on any atom is 0.325 e. The van der Waals surface area contributed by atoms with Gasteiger partial charge in [-0.15, -0.1) is 10.2 Å². The van der Waals surface area contributed by atoms with Crippen LogP contribution in [-0.4, -0.2) is 27.9 Å². The number of nitrogens with zero attached hydrogens (tertiary/aromatic N) is 2. The zero-order valence-corrected chi connectivity index (χ0v) is 18.9. The largest absolute Gasteiger partial charge is 0.325 e. The molecule has 0 bridgehead atoms. The predicted molar refractivity (Wildman–Crippen MR) is 129 cm³/mol. The van der Waals surface area contributed by atoms with Crippen molar-refractivity contribution >= 4 is 40.2 Å². The Bertz CT molecular complexity index is 1340. The van der Waals surface area contributed by atoms with Crippen LogP contribution in [0.25, 0.3) is 22.0 Å². The van der Waals surface area contributed by atoms with E-state index in [4.69, 9.17) is 0 Å². The fourth-order valence-corrected chi connectivity index (χ4v) is 4.12. The Kier molecular flexibility index (Phi) is 6.65. The Balaban J connectivity index is 1.45. The third-order valence-electron chi connectivity index (χ3n) is 5.22. The Hall–Kier alpha value is -3.78. The van der Waals surface area contributed by atoms with E-state index in [0.717, 1.165) is 27.5 Å². The molecule has 0 saturated heterocycles. The molecule has 0 unspecified atom stereocenters. The summed E-state index contributed by atoms with van der Waals surface area (Å²) in [5, 5.41) is 15.9. The molecule has 1 aromatic heterocycles. The molecule has 0 aliphatic heterocycles. The highest BCUT2D eigenvalue weighted by Gasteiger charge is 2.14. The van der Waals surface area contributed by atoms with Gasteiger partial charge in [-0.2, -0.15) is 0 Å². The Morgan fingerprint density at radius 3 is 2.39 bits per heavy atom. The standard InChI is InChI=1S/C25H21FN4O2S/c1-15-6-5-9-21(16(15)2)27-25(32)28-22(31)14-33-24-20-8-4-3-7-19(20)23(29-30-24)17-10-12-18(26)13-11-17/h3-13H,14H2,1-2H3,(H2,27,28,31,32). The van der Waals surface area contributed by atoms with Crippen LogP contribution in [0.15, 0.2) is 71.8 Å². The monoisotopic (exact) mass is 460 g/mol. The number of nitrogens with one attached hydrogen (secondary N) is 2. The molecule has 0 aliphatic carbocycles. The number of hydrogen-bond donors (Lipinski definition) is 2. The summed E-state index contributed by atoms with van der Waals surface area (Å²) >= 11 is 1.19. The van der Waals surface area contributed by atoms with Crippen molar-refractivity contribution in [3.05, 3.63) is 83.7 Å².